The minimum atomic E-state index is -0.304. The normalized spacial score (nSPS) is 9.80. The van der Waals surface area contributed by atoms with Crippen molar-refractivity contribution in [1.29, 1.82) is 0 Å². The first-order valence-corrected chi connectivity index (χ1v) is 3.57. The van der Waals surface area contributed by atoms with Crippen LogP contribution in [0.5, 0.6) is 0 Å². The lowest BCUT2D eigenvalue weighted by Gasteiger charge is -2.15. The summed E-state index contributed by atoms with van der Waals surface area (Å²) in [7, 11) is 0. The number of alkyl halides is 1. The van der Waals surface area contributed by atoms with Gasteiger partial charge in [-0.2, -0.15) is 0 Å². The molecule has 0 heterocycles. The lowest BCUT2D eigenvalue weighted by atomic mass is 10.4. The number of terminal acetylenes is 1. The van der Waals surface area contributed by atoms with E-state index in [1.165, 1.54) is 0 Å². The van der Waals surface area contributed by atoms with Gasteiger partial charge in [-0.15, -0.1) is 6.42 Å². The first-order chi connectivity index (χ1) is 4.85. The van der Waals surface area contributed by atoms with E-state index in [4.69, 9.17) is 6.42 Å². The van der Waals surface area contributed by atoms with E-state index in [1.807, 2.05) is 4.90 Å². The van der Waals surface area contributed by atoms with Gasteiger partial charge in [-0.05, 0) is 13.0 Å². The molecule has 0 saturated heterocycles. The van der Waals surface area contributed by atoms with Gasteiger partial charge in [-0.1, -0.05) is 12.8 Å². The van der Waals surface area contributed by atoms with Crippen LogP contribution >= 0.6 is 0 Å². The molecule has 0 spiro atoms. The molecule has 0 rings (SSSR count). The van der Waals surface area contributed by atoms with Gasteiger partial charge in [0.1, 0.15) is 6.67 Å². The number of hydrogen-bond acceptors (Lipinski definition) is 1. The number of halogens is 1. The van der Waals surface area contributed by atoms with Crippen molar-refractivity contribution in [3.63, 3.8) is 0 Å². The summed E-state index contributed by atoms with van der Waals surface area (Å²) in [5, 5.41) is 0. The van der Waals surface area contributed by atoms with E-state index >= 15 is 0 Å². The van der Waals surface area contributed by atoms with Crippen molar-refractivity contribution < 1.29 is 4.39 Å². The molecule has 0 fully saturated rings. The number of nitrogens with zero attached hydrogens (tertiary/aromatic N) is 1. The average Bonchev–Trinajstić information content (AvgIpc) is 1.90. The van der Waals surface area contributed by atoms with Crippen molar-refractivity contribution in [3.8, 4) is 12.3 Å². The predicted molar refractivity (Wildman–Crippen MR) is 41.5 cm³/mol. The highest BCUT2D eigenvalue weighted by molar-refractivity contribution is 4.87. The minimum absolute atomic E-state index is 0.304. The molecule has 0 bridgehead atoms. The van der Waals surface area contributed by atoms with Gasteiger partial charge in [-0.25, -0.2) is 4.39 Å². The lowest BCUT2D eigenvalue weighted by molar-refractivity contribution is 0.274. The Labute approximate surface area is 62.2 Å². The lowest BCUT2D eigenvalue weighted by Crippen LogP contribution is -2.27. The maximum atomic E-state index is 11.8. The molecule has 10 heavy (non-hydrogen) atoms. The molecule has 0 aliphatic rings. The summed E-state index contributed by atoms with van der Waals surface area (Å²) < 4.78 is 11.8. The zero-order valence-corrected chi connectivity index (χ0v) is 6.44. The largest absolute Gasteiger partial charge is 0.290 e. The Hall–Kier alpha value is -0.550. The van der Waals surface area contributed by atoms with Crippen LogP contribution in [0.1, 0.15) is 13.3 Å². The van der Waals surface area contributed by atoms with Gasteiger partial charge < -0.3 is 0 Å². The van der Waals surface area contributed by atoms with Gasteiger partial charge in [-0.3, -0.25) is 4.90 Å². The Kier molecular flexibility index (Phi) is 6.21. The van der Waals surface area contributed by atoms with Crippen molar-refractivity contribution in [2.45, 2.75) is 13.3 Å². The van der Waals surface area contributed by atoms with Crippen molar-refractivity contribution >= 4 is 0 Å². The SMILES string of the molecule is C#CCN(CCC)CCF. The van der Waals surface area contributed by atoms with Crippen molar-refractivity contribution in [2.24, 2.45) is 0 Å². The summed E-state index contributed by atoms with van der Waals surface area (Å²) >= 11 is 0. The molecule has 0 N–H and O–H groups in total. The smallest absolute Gasteiger partial charge is 0.102 e. The molecule has 0 radical (unpaired) electrons. The van der Waals surface area contributed by atoms with Gasteiger partial charge in [0.15, 0.2) is 0 Å². The zero-order valence-electron chi connectivity index (χ0n) is 6.44. The fraction of sp³-hybridized carbons (Fsp3) is 0.750. The molecule has 0 unspecified atom stereocenters. The van der Waals surface area contributed by atoms with Crippen molar-refractivity contribution in [3.05, 3.63) is 0 Å². The standard InChI is InChI=1S/C8H14FN/c1-3-6-10(7-4-2)8-5-9/h1H,4-8H2,2H3. The topological polar surface area (TPSA) is 3.24 Å². The van der Waals surface area contributed by atoms with Crippen molar-refractivity contribution in [2.75, 3.05) is 26.3 Å². The van der Waals surface area contributed by atoms with E-state index in [-0.39, 0.29) is 6.67 Å². The summed E-state index contributed by atoms with van der Waals surface area (Å²) in [5.41, 5.74) is 0. The van der Waals surface area contributed by atoms with Gasteiger partial charge in [0.05, 0.1) is 6.54 Å². The molecule has 0 aromatic heterocycles. The molecule has 0 aromatic rings. The van der Waals surface area contributed by atoms with Crippen molar-refractivity contribution in [1.82, 2.24) is 4.90 Å². The second-order valence-electron chi connectivity index (χ2n) is 2.17. The molecule has 58 valence electrons. The molecule has 0 atom stereocenters. The molecule has 0 aliphatic carbocycles. The zero-order chi connectivity index (χ0) is 7.82. The molecule has 1 nitrogen and oxygen atoms in total. The maximum absolute atomic E-state index is 11.8. The molecule has 2 heteroatoms. The van der Waals surface area contributed by atoms with Crippen LogP contribution in [0.25, 0.3) is 0 Å². The maximum Gasteiger partial charge on any atom is 0.102 e. The first kappa shape index (κ1) is 9.45. The summed E-state index contributed by atoms with van der Waals surface area (Å²) in [5.74, 6) is 2.50. The fourth-order valence-electron chi connectivity index (χ4n) is 0.835. The van der Waals surface area contributed by atoms with E-state index in [0.717, 1.165) is 13.0 Å². The number of hydrogen-bond donors (Lipinski definition) is 0. The van der Waals surface area contributed by atoms with Gasteiger partial charge in [0.25, 0.3) is 0 Å². The van der Waals surface area contributed by atoms with Gasteiger partial charge in [0, 0.05) is 6.54 Å². The van der Waals surface area contributed by atoms with Crippen LogP contribution in [0, 0.1) is 12.3 Å². The summed E-state index contributed by atoms with van der Waals surface area (Å²) in [6.07, 6.45) is 6.11. The molecule has 0 amide bonds. The molecule has 0 aliphatic heterocycles. The Morgan fingerprint density at radius 1 is 1.50 bits per heavy atom. The van der Waals surface area contributed by atoms with Crippen LogP contribution in [0.3, 0.4) is 0 Å². The van der Waals surface area contributed by atoms with Crippen LogP contribution in [0.2, 0.25) is 0 Å². The van der Waals surface area contributed by atoms with E-state index in [1.54, 1.807) is 0 Å². The Morgan fingerprint density at radius 2 is 2.20 bits per heavy atom. The van der Waals surface area contributed by atoms with Gasteiger partial charge >= 0.3 is 0 Å². The molecular weight excluding hydrogens is 129 g/mol. The minimum Gasteiger partial charge on any atom is -0.290 e. The highest BCUT2D eigenvalue weighted by Gasteiger charge is 1.98. The Balaban J connectivity index is 3.42. The first-order valence-electron chi connectivity index (χ1n) is 3.57. The Morgan fingerprint density at radius 3 is 2.60 bits per heavy atom. The summed E-state index contributed by atoms with van der Waals surface area (Å²) in [6, 6.07) is 0. The second kappa shape index (κ2) is 6.57. The van der Waals surface area contributed by atoms with E-state index in [2.05, 4.69) is 12.8 Å². The highest BCUT2D eigenvalue weighted by atomic mass is 19.1. The quantitative estimate of drug-likeness (QED) is 0.524. The van der Waals surface area contributed by atoms with Crippen LogP contribution in [0.4, 0.5) is 4.39 Å². The second-order valence-corrected chi connectivity index (χ2v) is 2.17. The van der Waals surface area contributed by atoms with Gasteiger partial charge in [0.2, 0.25) is 0 Å². The third-order valence-electron chi connectivity index (χ3n) is 1.26. The van der Waals surface area contributed by atoms with Crippen LogP contribution in [-0.2, 0) is 0 Å². The summed E-state index contributed by atoms with van der Waals surface area (Å²) in [4.78, 5) is 1.93. The molecule has 0 saturated carbocycles. The highest BCUT2D eigenvalue weighted by Crippen LogP contribution is 1.89. The van der Waals surface area contributed by atoms with E-state index in [9.17, 15) is 4.39 Å². The molecule has 0 aromatic carbocycles. The molecular formula is C8H14FN. The average molecular weight is 143 g/mol. The van der Waals surface area contributed by atoms with E-state index in [0.29, 0.717) is 13.1 Å². The third-order valence-corrected chi connectivity index (χ3v) is 1.26. The fourth-order valence-corrected chi connectivity index (χ4v) is 0.835. The number of rotatable bonds is 5. The van der Waals surface area contributed by atoms with Crippen LogP contribution < -0.4 is 0 Å². The third kappa shape index (κ3) is 4.34. The summed E-state index contributed by atoms with van der Waals surface area (Å²) in [6.45, 7) is 3.69. The Bertz CT molecular complexity index is 100. The van der Waals surface area contributed by atoms with Crippen LogP contribution in [0.15, 0.2) is 0 Å². The monoisotopic (exact) mass is 143 g/mol. The van der Waals surface area contributed by atoms with E-state index < -0.39 is 0 Å². The predicted octanol–water partition coefficient (Wildman–Crippen LogP) is 1.30. The van der Waals surface area contributed by atoms with Crippen LogP contribution in [-0.4, -0.2) is 31.2 Å².